The summed E-state index contributed by atoms with van der Waals surface area (Å²) >= 11 is 0. The summed E-state index contributed by atoms with van der Waals surface area (Å²) < 4.78 is 0. The second kappa shape index (κ2) is 12.4. The minimum atomic E-state index is -0.122. The third-order valence-corrected chi connectivity index (χ3v) is 4.99. The predicted molar refractivity (Wildman–Crippen MR) is 124 cm³/mol. The molecule has 29 heavy (non-hydrogen) atoms. The van der Waals surface area contributed by atoms with Gasteiger partial charge in [0.15, 0.2) is 5.84 Å². The topological polar surface area (TPSA) is 84.7 Å². The van der Waals surface area contributed by atoms with E-state index < -0.39 is 0 Å². The van der Waals surface area contributed by atoms with Crippen LogP contribution < -0.4 is 11.6 Å². The number of amidine groups is 1. The molecule has 1 unspecified atom stereocenters. The van der Waals surface area contributed by atoms with Crippen LogP contribution in [0.3, 0.4) is 0 Å². The van der Waals surface area contributed by atoms with Gasteiger partial charge in [0.25, 0.3) is 0 Å². The molecule has 0 spiro atoms. The minimum Gasteiger partial charge on any atom is -0.382 e. The van der Waals surface area contributed by atoms with Gasteiger partial charge in [0.1, 0.15) is 0 Å². The van der Waals surface area contributed by atoms with Crippen molar-refractivity contribution < 1.29 is 4.79 Å². The van der Waals surface area contributed by atoms with E-state index in [0.717, 1.165) is 53.6 Å². The van der Waals surface area contributed by atoms with Gasteiger partial charge in [0, 0.05) is 11.3 Å². The summed E-state index contributed by atoms with van der Waals surface area (Å²) in [7, 11) is 0. The smallest absolute Gasteiger partial charge is 0.214 e. The second-order valence-electron chi connectivity index (χ2n) is 6.85. The van der Waals surface area contributed by atoms with Crippen LogP contribution in [-0.2, 0) is 4.79 Å². The maximum absolute atomic E-state index is 11.8. The Hall–Kier alpha value is -3.08. The molecular formula is C24H34N4O. The van der Waals surface area contributed by atoms with Gasteiger partial charge in [-0.15, -0.1) is 0 Å². The van der Waals surface area contributed by atoms with E-state index in [1.54, 1.807) is 11.0 Å². The maximum Gasteiger partial charge on any atom is 0.214 e. The van der Waals surface area contributed by atoms with E-state index >= 15 is 0 Å². The number of amides is 1. The fourth-order valence-corrected chi connectivity index (χ4v) is 3.16. The number of rotatable bonds is 11. The number of carbonyl (C=O) groups is 1. The molecule has 1 aromatic rings. The Labute approximate surface area is 175 Å². The lowest BCUT2D eigenvalue weighted by atomic mass is 9.98. The highest BCUT2D eigenvalue weighted by Crippen LogP contribution is 2.22. The van der Waals surface area contributed by atoms with Gasteiger partial charge in [-0.3, -0.25) is 4.79 Å². The van der Waals surface area contributed by atoms with E-state index in [-0.39, 0.29) is 11.9 Å². The van der Waals surface area contributed by atoms with Crippen molar-refractivity contribution in [2.45, 2.75) is 53.0 Å². The molecular weight excluding hydrogens is 360 g/mol. The number of hydrazone groups is 1. The van der Waals surface area contributed by atoms with Gasteiger partial charge in [-0.2, -0.15) is 5.10 Å². The van der Waals surface area contributed by atoms with Crippen LogP contribution in [0.15, 0.2) is 71.5 Å². The standard InChI is InChI=1S/C24H34N4O/c1-6-9-12-21(8-3)28(17-29)19(5)20(7-2)16-15-18(4)22-13-10-11-14-23(22)24(25)27-26/h7-8,10-11,13-17,19H,2,6,9,12,26H2,1,3-5H3,(H2,25,27)/b18-15+,20-16+,21-8-. The van der Waals surface area contributed by atoms with Crippen molar-refractivity contribution in [3.63, 3.8) is 0 Å². The van der Waals surface area contributed by atoms with Crippen LogP contribution in [-0.4, -0.2) is 23.2 Å². The highest BCUT2D eigenvalue weighted by molar-refractivity contribution is 6.01. The summed E-state index contributed by atoms with van der Waals surface area (Å²) in [4.78, 5) is 13.6. The molecule has 4 N–H and O–H groups in total. The van der Waals surface area contributed by atoms with Crippen molar-refractivity contribution in [3.05, 3.63) is 77.5 Å². The molecule has 0 fully saturated rings. The number of hydrogen-bond acceptors (Lipinski definition) is 3. The number of hydrogen-bond donors (Lipinski definition) is 2. The zero-order chi connectivity index (χ0) is 21.8. The molecule has 1 atom stereocenters. The Kier molecular flexibility index (Phi) is 10.2. The van der Waals surface area contributed by atoms with Crippen LogP contribution >= 0.6 is 0 Å². The first-order valence-electron chi connectivity index (χ1n) is 9.97. The highest BCUT2D eigenvalue weighted by atomic mass is 16.1. The maximum atomic E-state index is 11.8. The molecule has 0 heterocycles. The van der Waals surface area contributed by atoms with E-state index in [0.29, 0.717) is 0 Å². The normalized spacial score (nSPS) is 14.5. The Morgan fingerprint density at radius 2 is 1.93 bits per heavy atom. The number of benzene rings is 1. The van der Waals surface area contributed by atoms with E-state index in [9.17, 15) is 4.79 Å². The van der Waals surface area contributed by atoms with Gasteiger partial charge >= 0.3 is 0 Å². The summed E-state index contributed by atoms with van der Waals surface area (Å²) in [6.45, 7) is 12.1. The van der Waals surface area contributed by atoms with Gasteiger partial charge < -0.3 is 16.5 Å². The lowest BCUT2D eigenvalue weighted by Gasteiger charge is -2.28. The van der Waals surface area contributed by atoms with Crippen LogP contribution in [0.5, 0.6) is 0 Å². The van der Waals surface area contributed by atoms with Crippen LogP contribution in [0, 0.1) is 0 Å². The highest BCUT2D eigenvalue weighted by Gasteiger charge is 2.17. The van der Waals surface area contributed by atoms with Crippen LogP contribution in [0.4, 0.5) is 0 Å². The summed E-state index contributed by atoms with van der Waals surface area (Å²) in [5.74, 6) is 5.64. The Morgan fingerprint density at radius 1 is 1.28 bits per heavy atom. The molecule has 1 aromatic carbocycles. The zero-order valence-electron chi connectivity index (χ0n) is 18.1. The van der Waals surface area contributed by atoms with E-state index in [2.05, 4.69) is 18.6 Å². The largest absolute Gasteiger partial charge is 0.382 e. The van der Waals surface area contributed by atoms with Gasteiger partial charge in [-0.05, 0) is 50.3 Å². The van der Waals surface area contributed by atoms with Crippen molar-refractivity contribution in [1.29, 1.82) is 0 Å². The molecule has 0 aliphatic heterocycles. The number of unbranched alkanes of at least 4 members (excludes halogenated alkanes) is 1. The Balaban J connectivity index is 3.23. The third kappa shape index (κ3) is 6.49. The molecule has 5 heteroatoms. The lowest BCUT2D eigenvalue weighted by Crippen LogP contribution is -2.32. The van der Waals surface area contributed by atoms with Crippen LogP contribution in [0.2, 0.25) is 0 Å². The molecule has 0 aliphatic rings. The molecule has 0 bridgehead atoms. The fourth-order valence-electron chi connectivity index (χ4n) is 3.16. The van der Waals surface area contributed by atoms with Crippen molar-refractivity contribution in [2.75, 3.05) is 0 Å². The molecule has 0 aliphatic carbocycles. The summed E-state index contributed by atoms with van der Waals surface area (Å²) in [5, 5.41) is 3.61. The van der Waals surface area contributed by atoms with Crippen molar-refractivity contribution >= 4 is 17.8 Å². The van der Waals surface area contributed by atoms with E-state index in [1.165, 1.54) is 0 Å². The summed E-state index contributed by atoms with van der Waals surface area (Å²) in [6, 6.07) is 7.58. The van der Waals surface area contributed by atoms with Crippen molar-refractivity contribution in [2.24, 2.45) is 16.7 Å². The second-order valence-corrected chi connectivity index (χ2v) is 6.85. The summed E-state index contributed by atoms with van der Waals surface area (Å²) in [5.41, 5.74) is 10.7. The predicted octanol–water partition coefficient (Wildman–Crippen LogP) is 4.72. The molecule has 5 nitrogen and oxygen atoms in total. The van der Waals surface area contributed by atoms with Gasteiger partial charge in [0.2, 0.25) is 6.41 Å². The van der Waals surface area contributed by atoms with Crippen LogP contribution in [0.25, 0.3) is 5.57 Å². The molecule has 0 saturated carbocycles. The number of nitrogens with zero attached hydrogens (tertiary/aromatic N) is 2. The first-order valence-corrected chi connectivity index (χ1v) is 9.97. The summed E-state index contributed by atoms with van der Waals surface area (Å²) in [6.07, 6.45) is 11.7. The van der Waals surface area contributed by atoms with E-state index in [4.69, 9.17) is 11.6 Å². The quantitative estimate of drug-likeness (QED) is 0.142. The number of allylic oxidation sites excluding steroid dienone is 5. The van der Waals surface area contributed by atoms with Crippen LogP contribution in [0.1, 0.15) is 58.1 Å². The van der Waals surface area contributed by atoms with Gasteiger partial charge in [0.05, 0.1) is 6.04 Å². The fraction of sp³-hybridized carbons (Fsp3) is 0.333. The van der Waals surface area contributed by atoms with Crippen molar-refractivity contribution in [3.8, 4) is 0 Å². The van der Waals surface area contributed by atoms with Gasteiger partial charge in [-0.1, -0.05) is 68.5 Å². The first-order chi connectivity index (χ1) is 13.9. The molecule has 156 valence electrons. The molecule has 1 amide bonds. The third-order valence-electron chi connectivity index (χ3n) is 4.99. The zero-order valence-corrected chi connectivity index (χ0v) is 18.1. The minimum absolute atomic E-state index is 0.122. The molecule has 0 saturated heterocycles. The van der Waals surface area contributed by atoms with Gasteiger partial charge in [-0.25, -0.2) is 0 Å². The number of carbonyl (C=O) groups excluding carboxylic acids is 1. The number of nitrogens with two attached hydrogens (primary N) is 2. The molecule has 0 radical (unpaired) electrons. The Bertz CT molecular complexity index is 818. The average Bonchev–Trinajstić information content (AvgIpc) is 2.76. The average molecular weight is 395 g/mol. The first kappa shape index (κ1) is 24.0. The monoisotopic (exact) mass is 394 g/mol. The Morgan fingerprint density at radius 3 is 2.45 bits per heavy atom. The lowest BCUT2D eigenvalue weighted by molar-refractivity contribution is -0.117. The molecule has 1 rings (SSSR count). The SMILES string of the molecule is C=C/C(=C\C=C(/C)c1ccccc1/C(N)=N/N)C(C)N(C=O)/C(=C\C)CCCC. The van der Waals surface area contributed by atoms with E-state index in [1.807, 2.05) is 63.3 Å². The van der Waals surface area contributed by atoms with Crippen molar-refractivity contribution in [1.82, 2.24) is 4.90 Å². The molecule has 0 aromatic heterocycles.